The van der Waals surface area contributed by atoms with E-state index in [9.17, 15) is 14.0 Å². The lowest BCUT2D eigenvalue weighted by Crippen LogP contribution is -2.26. The van der Waals surface area contributed by atoms with E-state index in [2.05, 4.69) is 5.32 Å². The molecule has 0 heterocycles. The fraction of sp³-hybridized carbons (Fsp3) is 0.273. The third-order valence-corrected chi connectivity index (χ3v) is 2.12. The average molecular weight is 239 g/mol. The lowest BCUT2D eigenvalue weighted by molar-refractivity contribution is -0.118. The zero-order valence-corrected chi connectivity index (χ0v) is 9.20. The van der Waals surface area contributed by atoms with Crippen LogP contribution in [-0.2, 0) is 4.79 Å². The summed E-state index contributed by atoms with van der Waals surface area (Å²) in [5.41, 5.74) is 10.6. The second-order valence-corrected chi connectivity index (χ2v) is 3.57. The molecule has 0 saturated heterocycles. The van der Waals surface area contributed by atoms with Crippen LogP contribution in [0.25, 0.3) is 0 Å². The molecule has 0 fully saturated rings. The van der Waals surface area contributed by atoms with Gasteiger partial charge in [0.05, 0.1) is 5.56 Å². The smallest absolute Gasteiger partial charge is 0.254 e. The predicted octanol–water partition coefficient (Wildman–Crippen LogP) is 0.403. The van der Waals surface area contributed by atoms with Crippen molar-refractivity contribution in [2.45, 2.75) is 12.8 Å². The lowest BCUT2D eigenvalue weighted by Gasteiger charge is -2.06. The summed E-state index contributed by atoms with van der Waals surface area (Å²) in [6.07, 6.45) is 0.602. The molecule has 17 heavy (non-hydrogen) atoms. The first kappa shape index (κ1) is 13.0. The first-order valence-corrected chi connectivity index (χ1v) is 5.12. The Morgan fingerprint density at radius 2 is 2.06 bits per heavy atom. The molecule has 2 amide bonds. The van der Waals surface area contributed by atoms with Crippen molar-refractivity contribution < 1.29 is 14.0 Å². The van der Waals surface area contributed by atoms with Gasteiger partial charge in [-0.05, 0) is 24.6 Å². The van der Waals surface area contributed by atoms with Crippen LogP contribution in [0, 0.1) is 5.82 Å². The van der Waals surface area contributed by atoms with Crippen molar-refractivity contribution in [3.05, 3.63) is 29.6 Å². The Morgan fingerprint density at radius 3 is 2.71 bits per heavy atom. The molecule has 1 aromatic carbocycles. The van der Waals surface area contributed by atoms with Crippen LogP contribution in [0.2, 0.25) is 0 Å². The Morgan fingerprint density at radius 1 is 1.35 bits per heavy atom. The van der Waals surface area contributed by atoms with E-state index < -0.39 is 17.6 Å². The van der Waals surface area contributed by atoms with Gasteiger partial charge in [0.15, 0.2) is 0 Å². The van der Waals surface area contributed by atoms with E-state index in [-0.39, 0.29) is 18.5 Å². The molecule has 0 atom stereocenters. The van der Waals surface area contributed by atoms with E-state index in [0.29, 0.717) is 12.1 Å². The Hall–Kier alpha value is -2.11. The van der Waals surface area contributed by atoms with Gasteiger partial charge in [-0.25, -0.2) is 4.39 Å². The largest absolute Gasteiger partial charge is 0.399 e. The number of nitrogens with two attached hydrogens (primary N) is 2. The number of benzene rings is 1. The fourth-order valence-electron chi connectivity index (χ4n) is 1.28. The van der Waals surface area contributed by atoms with Gasteiger partial charge in [0, 0.05) is 18.7 Å². The Balaban J connectivity index is 2.52. The fourth-order valence-corrected chi connectivity index (χ4v) is 1.28. The summed E-state index contributed by atoms with van der Waals surface area (Å²) in [5.74, 6) is -1.62. The van der Waals surface area contributed by atoms with Gasteiger partial charge in [-0.3, -0.25) is 9.59 Å². The highest BCUT2D eigenvalue weighted by atomic mass is 19.1. The number of carbonyl (C=O) groups is 2. The molecule has 0 aliphatic heterocycles. The summed E-state index contributed by atoms with van der Waals surface area (Å²) in [7, 11) is 0. The van der Waals surface area contributed by atoms with E-state index >= 15 is 0 Å². The van der Waals surface area contributed by atoms with Gasteiger partial charge in [0.1, 0.15) is 5.82 Å². The summed E-state index contributed by atoms with van der Waals surface area (Å²) in [5, 5.41) is 2.48. The van der Waals surface area contributed by atoms with Gasteiger partial charge in [0.25, 0.3) is 5.91 Å². The minimum atomic E-state index is -0.633. The van der Waals surface area contributed by atoms with Crippen LogP contribution in [0.15, 0.2) is 18.2 Å². The third-order valence-electron chi connectivity index (χ3n) is 2.12. The molecule has 0 bridgehead atoms. The molecule has 0 aromatic heterocycles. The summed E-state index contributed by atoms with van der Waals surface area (Å²) >= 11 is 0. The van der Waals surface area contributed by atoms with Crippen LogP contribution in [0.4, 0.5) is 10.1 Å². The molecule has 0 radical (unpaired) electrons. The Bertz CT molecular complexity index is 435. The molecule has 0 unspecified atom stereocenters. The summed E-state index contributed by atoms with van der Waals surface area (Å²) < 4.78 is 13.3. The summed E-state index contributed by atoms with van der Waals surface area (Å²) in [6.45, 7) is 0.260. The number of carbonyl (C=O) groups excluding carboxylic acids is 2. The van der Waals surface area contributed by atoms with Crippen molar-refractivity contribution in [3.8, 4) is 0 Å². The number of hydrogen-bond donors (Lipinski definition) is 3. The summed E-state index contributed by atoms with van der Waals surface area (Å²) in [4.78, 5) is 22.0. The number of amides is 2. The molecule has 0 aliphatic rings. The number of nitrogen functional groups attached to an aromatic ring is 1. The van der Waals surface area contributed by atoms with Gasteiger partial charge in [-0.2, -0.15) is 0 Å². The molecule has 5 nitrogen and oxygen atoms in total. The number of rotatable bonds is 5. The normalized spacial score (nSPS) is 9.94. The highest BCUT2D eigenvalue weighted by molar-refractivity contribution is 5.95. The number of primary amides is 1. The summed E-state index contributed by atoms with van der Waals surface area (Å²) in [6, 6.07) is 3.77. The highest BCUT2D eigenvalue weighted by Gasteiger charge is 2.11. The quantitative estimate of drug-likeness (QED) is 0.512. The van der Waals surface area contributed by atoms with Gasteiger partial charge < -0.3 is 16.8 Å². The zero-order valence-electron chi connectivity index (χ0n) is 9.20. The monoisotopic (exact) mass is 239 g/mol. The SMILES string of the molecule is NC(=O)CCCNC(=O)c1cc(N)ccc1F. The maximum absolute atomic E-state index is 13.3. The van der Waals surface area contributed by atoms with Crippen LogP contribution in [0.3, 0.4) is 0 Å². The second-order valence-electron chi connectivity index (χ2n) is 3.57. The minimum Gasteiger partial charge on any atom is -0.399 e. The van der Waals surface area contributed by atoms with Crippen LogP contribution < -0.4 is 16.8 Å². The molecule has 0 spiro atoms. The van der Waals surface area contributed by atoms with Crippen LogP contribution in [0.1, 0.15) is 23.2 Å². The maximum atomic E-state index is 13.3. The topological polar surface area (TPSA) is 98.2 Å². The molecule has 0 aliphatic carbocycles. The van der Waals surface area contributed by atoms with Gasteiger partial charge in [-0.15, -0.1) is 0 Å². The minimum absolute atomic E-state index is 0.107. The number of halogens is 1. The van der Waals surface area contributed by atoms with Crippen LogP contribution in [0.5, 0.6) is 0 Å². The zero-order chi connectivity index (χ0) is 12.8. The van der Waals surface area contributed by atoms with Crippen LogP contribution >= 0.6 is 0 Å². The molecule has 6 heteroatoms. The van der Waals surface area contributed by atoms with E-state index in [1.54, 1.807) is 0 Å². The lowest BCUT2D eigenvalue weighted by atomic mass is 10.1. The molecule has 5 N–H and O–H groups in total. The predicted molar refractivity (Wildman–Crippen MR) is 61.6 cm³/mol. The van der Waals surface area contributed by atoms with Gasteiger partial charge >= 0.3 is 0 Å². The van der Waals surface area contributed by atoms with Crippen molar-refractivity contribution in [2.24, 2.45) is 5.73 Å². The van der Waals surface area contributed by atoms with Crippen molar-refractivity contribution >= 4 is 17.5 Å². The van der Waals surface area contributed by atoms with E-state index in [1.807, 2.05) is 0 Å². The van der Waals surface area contributed by atoms with E-state index in [0.717, 1.165) is 6.07 Å². The Labute approximate surface area is 98.0 Å². The van der Waals surface area contributed by atoms with E-state index in [1.165, 1.54) is 12.1 Å². The maximum Gasteiger partial charge on any atom is 0.254 e. The first-order valence-electron chi connectivity index (χ1n) is 5.12. The molecular formula is C11H14FN3O2. The average Bonchev–Trinajstić information content (AvgIpc) is 2.27. The number of hydrogen-bond acceptors (Lipinski definition) is 3. The first-order chi connectivity index (χ1) is 8.00. The molecular weight excluding hydrogens is 225 g/mol. The molecule has 92 valence electrons. The van der Waals surface area contributed by atoms with Crippen molar-refractivity contribution in [1.29, 1.82) is 0 Å². The molecule has 1 rings (SSSR count). The van der Waals surface area contributed by atoms with Crippen molar-refractivity contribution in [1.82, 2.24) is 5.32 Å². The molecule has 0 saturated carbocycles. The standard InChI is InChI=1S/C11H14FN3O2/c12-9-4-3-7(13)6-8(9)11(17)15-5-1-2-10(14)16/h3-4,6H,1-2,5,13H2,(H2,14,16)(H,15,17). The van der Waals surface area contributed by atoms with E-state index in [4.69, 9.17) is 11.5 Å². The highest BCUT2D eigenvalue weighted by Crippen LogP contribution is 2.11. The molecule has 1 aromatic rings. The third kappa shape index (κ3) is 4.10. The number of anilines is 1. The Kier molecular flexibility index (Phi) is 4.45. The number of nitrogens with one attached hydrogen (secondary N) is 1. The second kappa shape index (κ2) is 5.83. The van der Waals surface area contributed by atoms with Gasteiger partial charge in [-0.1, -0.05) is 0 Å². The van der Waals surface area contributed by atoms with Crippen molar-refractivity contribution in [3.63, 3.8) is 0 Å². The van der Waals surface area contributed by atoms with Gasteiger partial charge in [0.2, 0.25) is 5.91 Å². The van der Waals surface area contributed by atoms with Crippen LogP contribution in [-0.4, -0.2) is 18.4 Å². The van der Waals surface area contributed by atoms with Crippen molar-refractivity contribution in [2.75, 3.05) is 12.3 Å².